The molecular formula is C21H33N5. The van der Waals surface area contributed by atoms with Gasteiger partial charge in [0.15, 0.2) is 5.96 Å². The molecule has 0 fully saturated rings. The van der Waals surface area contributed by atoms with Gasteiger partial charge in [0.1, 0.15) is 12.4 Å². The normalized spacial score (nSPS) is 13.0. The molecular weight excluding hydrogens is 322 g/mol. The van der Waals surface area contributed by atoms with E-state index >= 15 is 0 Å². The smallest absolute Gasteiger partial charge is 0.191 e. The van der Waals surface area contributed by atoms with Crippen molar-refractivity contribution >= 4 is 5.96 Å². The predicted molar refractivity (Wildman–Crippen MR) is 109 cm³/mol. The number of guanidine groups is 1. The van der Waals surface area contributed by atoms with Gasteiger partial charge >= 0.3 is 0 Å². The maximum Gasteiger partial charge on any atom is 0.191 e. The Hall–Kier alpha value is -2.30. The Bertz CT molecular complexity index is 660. The van der Waals surface area contributed by atoms with Crippen LogP contribution < -0.4 is 10.6 Å². The minimum absolute atomic E-state index is 0.350. The minimum Gasteiger partial charge on any atom is -0.357 e. The number of aromatic nitrogens is 2. The van der Waals surface area contributed by atoms with E-state index in [1.54, 1.807) is 0 Å². The Morgan fingerprint density at radius 3 is 2.65 bits per heavy atom. The van der Waals surface area contributed by atoms with Gasteiger partial charge in [0.25, 0.3) is 0 Å². The summed E-state index contributed by atoms with van der Waals surface area (Å²) >= 11 is 0. The summed E-state index contributed by atoms with van der Waals surface area (Å²) in [6.45, 7) is 11.1. The van der Waals surface area contributed by atoms with E-state index in [9.17, 15) is 0 Å². The summed E-state index contributed by atoms with van der Waals surface area (Å²) in [5.74, 6) is 2.45. The number of benzene rings is 1. The zero-order valence-electron chi connectivity index (χ0n) is 16.6. The molecule has 5 heteroatoms. The molecule has 1 atom stereocenters. The fraction of sp³-hybridized carbons (Fsp3) is 0.524. The fourth-order valence-electron chi connectivity index (χ4n) is 2.85. The first-order chi connectivity index (χ1) is 12.6. The number of nitrogens with zero attached hydrogens (tertiary/aromatic N) is 3. The lowest BCUT2D eigenvalue weighted by Crippen LogP contribution is -2.42. The number of nitrogens with one attached hydrogen (secondary N) is 2. The van der Waals surface area contributed by atoms with E-state index in [1.807, 2.05) is 12.4 Å². The summed E-state index contributed by atoms with van der Waals surface area (Å²) < 4.78 is 2.19. The summed E-state index contributed by atoms with van der Waals surface area (Å²) in [7, 11) is 0. The minimum atomic E-state index is 0.350. The molecule has 0 radical (unpaired) electrons. The maximum absolute atomic E-state index is 4.73. The van der Waals surface area contributed by atoms with Crippen LogP contribution in [0.4, 0.5) is 0 Å². The summed E-state index contributed by atoms with van der Waals surface area (Å²) in [4.78, 5) is 9.19. The zero-order valence-corrected chi connectivity index (χ0v) is 16.6. The maximum atomic E-state index is 4.73. The van der Waals surface area contributed by atoms with Crippen molar-refractivity contribution in [3.8, 4) is 0 Å². The molecule has 5 nitrogen and oxygen atoms in total. The van der Waals surface area contributed by atoms with Crippen LogP contribution in [-0.4, -0.2) is 28.1 Å². The molecule has 0 spiro atoms. The van der Waals surface area contributed by atoms with E-state index in [1.165, 1.54) is 5.56 Å². The van der Waals surface area contributed by atoms with Crippen molar-refractivity contribution in [2.75, 3.05) is 6.54 Å². The number of hydrogen-bond donors (Lipinski definition) is 2. The Balaban J connectivity index is 1.90. The van der Waals surface area contributed by atoms with Crippen molar-refractivity contribution in [1.29, 1.82) is 0 Å². The van der Waals surface area contributed by atoms with Crippen LogP contribution in [0.2, 0.25) is 0 Å². The molecule has 1 unspecified atom stereocenters. The average Bonchev–Trinajstić information content (AvgIpc) is 3.05. The molecule has 2 aromatic rings. The van der Waals surface area contributed by atoms with Crippen molar-refractivity contribution in [3.05, 3.63) is 54.1 Å². The first kappa shape index (κ1) is 20.0. The first-order valence-corrected chi connectivity index (χ1v) is 9.67. The Kier molecular flexibility index (Phi) is 8.19. The largest absolute Gasteiger partial charge is 0.357 e. The number of rotatable bonds is 9. The third kappa shape index (κ3) is 6.90. The van der Waals surface area contributed by atoms with Gasteiger partial charge in [-0.3, -0.25) is 0 Å². The predicted octanol–water partition coefficient (Wildman–Crippen LogP) is 3.62. The van der Waals surface area contributed by atoms with Crippen LogP contribution in [0, 0.1) is 5.92 Å². The second kappa shape index (κ2) is 10.6. The first-order valence-electron chi connectivity index (χ1n) is 9.67. The van der Waals surface area contributed by atoms with Crippen molar-refractivity contribution in [2.24, 2.45) is 10.9 Å². The molecule has 1 aromatic carbocycles. The van der Waals surface area contributed by atoms with E-state index in [-0.39, 0.29) is 0 Å². The number of aryl methyl sites for hydroxylation is 1. The van der Waals surface area contributed by atoms with E-state index in [4.69, 9.17) is 4.99 Å². The van der Waals surface area contributed by atoms with Gasteiger partial charge in [0.05, 0.1) is 0 Å². The molecule has 2 N–H and O–H groups in total. The fourth-order valence-corrected chi connectivity index (χ4v) is 2.85. The van der Waals surface area contributed by atoms with Gasteiger partial charge < -0.3 is 15.2 Å². The van der Waals surface area contributed by atoms with Gasteiger partial charge in [-0.2, -0.15) is 0 Å². The highest BCUT2D eigenvalue weighted by atomic mass is 15.2. The molecule has 2 rings (SSSR count). The lowest BCUT2D eigenvalue weighted by molar-refractivity contribution is 0.507. The van der Waals surface area contributed by atoms with E-state index in [0.29, 0.717) is 18.5 Å². The average molecular weight is 356 g/mol. The standard InChI is InChI=1S/C21H33N5/c1-5-22-21(24-15-20-23-13-14-26(20)16-17(2)3)25-18(4)11-12-19-9-7-6-8-10-19/h6-10,13-14,17-18H,5,11-12,15-16H2,1-4H3,(H2,22,24,25). The second-order valence-electron chi connectivity index (χ2n) is 7.15. The number of aliphatic imine (C=N–C) groups is 1. The third-order valence-corrected chi connectivity index (χ3v) is 4.18. The molecule has 142 valence electrons. The lowest BCUT2D eigenvalue weighted by atomic mass is 10.1. The van der Waals surface area contributed by atoms with Crippen molar-refractivity contribution in [3.63, 3.8) is 0 Å². The van der Waals surface area contributed by atoms with E-state index in [0.717, 1.165) is 37.7 Å². The summed E-state index contributed by atoms with van der Waals surface area (Å²) in [5, 5.41) is 6.85. The van der Waals surface area contributed by atoms with E-state index in [2.05, 4.69) is 78.2 Å². The Morgan fingerprint density at radius 1 is 1.19 bits per heavy atom. The van der Waals surface area contributed by atoms with Gasteiger partial charge in [0, 0.05) is 31.5 Å². The van der Waals surface area contributed by atoms with Crippen LogP contribution in [0.5, 0.6) is 0 Å². The molecule has 26 heavy (non-hydrogen) atoms. The number of imidazole rings is 1. The van der Waals surface area contributed by atoms with Crippen LogP contribution in [0.25, 0.3) is 0 Å². The molecule has 0 bridgehead atoms. The van der Waals surface area contributed by atoms with Crippen molar-refractivity contribution < 1.29 is 0 Å². The summed E-state index contributed by atoms with van der Waals surface area (Å²) in [6.07, 6.45) is 6.02. The van der Waals surface area contributed by atoms with Crippen LogP contribution in [0.1, 0.15) is 45.5 Å². The summed E-state index contributed by atoms with van der Waals surface area (Å²) in [5.41, 5.74) is 1.37. The highest BCUT2D eigenvalue weighted by Gasteiger charge is 2.08. The van der Waals surface area contributed by atoms with Crippen LogP contribution >= 0.6 is 0 Å². The van der Waals surface area contributed by atoms with Crippen molar-refractivity contribution in [1.82, 2.24) is 20.2 Å². The van der Waals surface area contributed by atoms with Gasteiger partial charge in [-0.05, 0) is 38.2 Å². The van der Waals surface area contributed by atoms with Gasteiger partial charge in [-0.15, -0.1) is 0 Å². The molecule has 0 aliphatic carbocycles. The molecule has 0 amide bonds. The van der Waals surface area contributed by atoms with Gasteiger partial charge in [-0.25, -0.2) is 9.98 Å². The summed E-state index contributed by atoms with van der Waals surface area (Å²) in [6, 6.07) is 11.0. The zero-order chi connectivity index (χ0) is 18.8. The Labute approximate surface area is 158 Å². The SMILES string of the molecule is CCNC(=NCc1nccn1CC(C)C)NC(C)CCc1ccccc1. The highest BCUT2D eigenvalue weighted by Crippen LogP contribution is 2.06. The molecule has 0 saturated heterocycles. The topological polar surface area (TPSA) is 54.2 Å². The molecule has 0 aliphatic rings. The second-order valence-corrected chi connectivity index (χ2v) is 7.15. The van der Waals surface area contributed by atoms with Crippen LogP contribution in [0.3, 0.4) is 0 Å². The lowest BCUT2D eigenvalue weighted by Gasteiger charge is -2.18. The molecule has 0 aliphatic heterocycles. The van der Waals surface area contributed by atoms with E-state index < -0.39 is 0 Å². The van der Waals surface area contributed by atoms with Gasteiger partial charge in [-0.1, -0.05) is 44.2 Å². The van der Waals surface area contributed by atoms with Crippen LogP contribution in [-0.2, 0) is 19.5 Å². The quantitative estimate of drug-likeness (QED) is 0.534. The van der Waals surface area contributed by atoms with Crippen molar-refractivity contribution in [2.45, 2.75) is 59.7 Å². The van der Waals surface area contributed by atoms with Crippen LogP contribution in [0.15, 0.2) is 47.7 Å². The molecule has 1 aromatic heterocycles. The highest BCUT2D eigenvalue weighted by molar-refractivity contribution is 5.79. The number of hydrogen-bond acceptors (Lipinski definition) is 2. The Morgan fingerprint density at radius 2 is 1.96 bits per heavy atom. The molecule has 0 saturated carbocycles. The molecule has 1 heterocycles. The van der Waals surface area contributed by atoms with Gasteiger partial charge in [0.2, 0.25) is 0 Å². The monoisotopic (exact) mass is 355 g/mol. The third-order valence-electron chi connectivity index (χ3n) is 4.18.